The number of fused-ring (bicyclic) bond motifs is 1. The Labute approximate surface area is 94.6 Å². The molecule has 1 aromatic heterocycles. The highest BCUT2D eigenvalue weighted by atomic mass is 32.2. The molecule has 2 atom stereocenters. The van der Waals surface area contributed by atoms with E-state index in [9.17, 15) is 8.42 Å². The Morgan fingerprint density at radius 1 is 1.47 bits per heavy atom. The number of hydrogen-bond acceptors (Lipinski definition) is 4. The van der Waals surface area contributed by atoms with Crippen LogP contribution in [0.5, 0.6) is 0 Å². The van der Waals surface area contributed by atoms with Crippen LogP contribution in [0.4, 0.5) is 0 Å². The molecule has 0 amide bonds. The largest absolute Gasteiger partial charge is 0.290 e. The summed E-state index contributed by atoms with van der Waals surface area (Å²) in [7, 11) is 0.441. The summed E-state index contributed by atoms with van der Waals surface area (Å²) in [6, 6.07) is 1.93. The van der Waals surface area contributed by atoms with Gasteiger partial charge in [-0.3, -0.25) is 4.90 Å². The summed E-state index contributed by atoms with van der Waals surface area (Å²) in [5.74, 6) is 0.0266. The Kier molecular flexibility index (Phi) is 2.26. The first-order valence-corrected chi connectivity index (χ1v) is 7.19. The van der Waals surface area contributed by atoms with Crippen molar-refractivity contribution in [2.75, 3.05) is 14.1 Å². The highest BCUT2D eigenvalue weighted by Crippen LogP contribution is 2.50. The lowest BCUT2D eigenvalue weighted by molar-refractivity contribution is 0.235. The number of rotatable bonds is 1. The molecule has 0 radical (unpaired) electrons. The van der Waals surface area contributed by atoms with E-state index >= 15 is 0 Å². The van der Waals surface area contributed by atoms with Gasteiger partial charge in [-0.2, -0.15) is 0 Å². The Morgan fingerprint density at radius 3 is 2.53 bits per heavy atom. The average Bonchev–Trinajstić information content (AvgIpc) is 2.67. The van der Waals surface area contributed by atoms with Crippen molar-refractivity contribution >= 4 is 21.2 Å². The standard InChI is InChI=1S/C10H15NO2S2/c1-7-8-5-6-14-9(8)15(12,13)10(7,2)11(3)4/h5-7H,1-4H3. The van der Waals surface area contributed by atoms with Gasteiger partial charge in [0.25, 0.3) is 0 Å². The molecule has 0 fully saturated rings. The molecule has 0 aliphatic carbocycles. The Hall–Kier alpha value is -0.390. The maximum absolute atomic E-state index is 12.4. The zero-order valence-corrected chi connectivity index (χ0v) is 10.9. The van der Waals surface area contributed by atoms with Gasteiger partial charge in [-0.15, -0.1) is 11.3 Å². The van der Waals surface area contributed by atoms with Crippen LogP contribution in [0, 0.1) is 0 Å². The molecule has 0 bridgehead atoms. The molecule has 0 N–H and O–H groups in total. The molecule has 1 aromatic rings. The fourth-order valence-electron chi connectivity index (χ4n) is 2.18. The van der Waals surface area contributed by atoms with E-state index in [1.807, 2.05) is 32.5 Å². The minimum atomic E-state index is -3.21. The van der Waals surface area contributed by atoms with E-state index in [4.69, 9.17) is 0 Å². The summed E-state index contributed by atoms with van der Waals surface area (Å²) < 4.78 is 25.3. The molecule has 0 saturated heterocycles. The van der Waals surface area contributed by atoms with Crippen LogP contribution in [-0.4, -0.2) is 32.3 Å². The Bertz CT molecular complexity index is 489. The van der Waals surface area contributed by atoms with Crippen LogP contribution in [0.25, 0.3) is 0 Å². The quantitative estimate of drug-likeness (QED) is 0.758. The second-order valence-electron chi connectivity index (χ2n) is 4.34. The molecule has 15 heavy (non-hydrogen) atoms. The van der Waals surface area contributed by atoms with Crippen molar-refractivity contribution < 1.29 is 8.42 Å². The van der Waals surface area contributed by atoms with Crippen LogP contribution in [0.3, 0.4) is 0 Å². The molecule has 3 nitrogen and oxygen atoms in total. The van der Waals surface area contributed by atoms with E-state index in [2.05, 4.69) is 0 Å². The lowest BCUT2D eigenvalue weighted by Gasteiger charge is -2.35. The SMILES string of the molecule is CC1c2ccsc2S(=O)(=O)C1(C)N(C)C. The smallest absolute Gasteiger partial charge is 0.207 e. The van der Waals surface area contributed by atoms with Crippen molar-refractivity contribution in [2.24, 2.45) is 0 Å². The van der Waals surface area contributed by atoms with Gasteiger partial charge in [-0.25, -0.2) is 8.42 Å². The van der Waals surface area contributed by atoms with Crippen molar-refractivity contribution in [1.82, 2.24) is 4.90 Å². The summed E-state index contributed by atoms with van der Waals surface area (Å²) in [6.07, 6.45) is 0. The molecular weight excluding hydrogens is 230 g/mol. The van der Waals surface area contributed by atoms with Crippen LogP contribution in [0.1, 0.15) is 25.3 Å². The van der Waals surface area contributed by atoms with Crippen LogP contribution in [0.15, 0.2) is 15.7 Å². The highest BCUT2D eigenvalue weighted by molar-refractivity contribution is 7.95. The van der Waals surface area contributed by atoms with Crippen LogP contribution >= 0.6 is 11.3 Å². The number of thiophene rings is 1. The first kappa shape index (κ1) is 11.1. The molecule has 2 heterocycles. The van der Waals surface area contributed by atoms with Crippen molar-refractivity contribution in [3.63, 3.8) is 0 Å². The third kappa shape index (κ3) is 1.11. The lowest BCUT2D eigenvalue weighted by Crippen LogP contribution is -2.48. The van der Waals surface area contributed by atoms with E-state index in [1.54, 1.807) is 11.8 Å². The van der Waals surface area contributed by atoms with Crippen LogP contribution in [-0.2, 0) is 9.84 Å². The molecule has 1 aliphatic rings. The lowest BCUT2D eigenvalue weighted by atomic mass is 9.96. The molecular formula is C10H15NO2S2. The Balaban J connectivity index is 2.73. The van der Waals surface area contributed by atoms with Crippen molar-refractivity contribution in [3.8, 4) is 0 Å². The van der Waals surface area contributed by atoms with Gasteiger partial charge < -0.3 is 0 Å². The monoisotopic (exact) mass is 245 g/mol. The topological polar surface area (TPSA) is 37.4 Å². The molecule has 0 saturated carbocycles. The van der Waals surface area contributed by atoms with Crippen molar-refractivity contribution in [3.05, 3.63) is 17.0 Å². The maximum Gasteiger partial charge on any atom is 0.207 e. The third-order valence-electron chi connectivity index (χ3n) is 3.60. The molecule has 0 spiro atoms. The number of hydrogen-bond donors (Lipinski definition) is 0. The predicted molar refractivity (Wildman–Crippen MR) is 62.0 cm³/mol. The summed E-state index contributed by atoms with van der Waals surface area (Å²) in [5.41, 5.74) is 0.969. The van der Waals surface area contributed by atoms with Crippen molar-refractivity contribution in [1.29, 1.82) is 0 Å². The maximum atomic E-state index is 12.4. The normalized spacial score (nSPS) is 33.3. The summed E-state index contributed by atoms with van der Waals surface area (Å²) in [4.78, 5) is 1.01. The molecule has 2 unspecified atom stereocenters. The second-order valence-corrected chi connectivity index (χ2v) is 7.75. The van der Waals surface area contributed by atoms with E-state index in [0.717, 1.165) is 5.56 Å². The van der Waals surface area contributed by atoms with E-state index in [0.29, 0.717) is 4.21 Å². The summed E-state index contributed by atoms with van der Waals surface area (Å²) >= 11 is 1.33. The van der Waals surface area contributed by atoms with E-state index < -0.39 is 14.7 Å². The summed E-state index contributed by atoms with van der Waals surface area (Å²) in [5, 5.41) is 1.86. The van der Waals surface area contributed by atoms with Gasteiger partial charge in [0.05, 0.1) is 0 Å². The van der Waals surface area contributed by atoms with Gasteiger partial charge in [-0.05, 0) is 38.0 Å². The molecule has 1 aliphatic heterocycles. The van der Waals surface area contributed by atoms with Crippen LogP contribution < -0.4 is 0 Å². The molecule has 84 valence electrons. The molecule has 5 heteroatoms. The highest BCUT2D eigenvalue weighted by Gasteiger charge is 2.55. The zero-order chi connectivity index (χ0) is 11.4. The van der Waals surface area contributed by atoms with Gasteiger partial charge in [-0.1, -0.05) is 6.92 Å². The van der Waals surface area contributed by atoms with E-state index in [-0.39, 0.29) is 5.92 Å². The zero-order valence-electron chi connectivity index (χ0n) is 9.31. The fourth-order valence-corrected chi connectivity index (χ4v) is 6.08. The first-order chi connectivity index (χ1) is 6.83. The molecule has 2 rings (SSSR count). The fraction of sp³-hybridized carbons (Fsp3) is 0.600. The van der Waals surface area contributed by atoms with Gasteiger partial charge in [0.15, 0.2) is 0 Å². The number of likely N-dealkylation sites (N-methyl/N-ethyl adjacent to an activating group) is 1. The predicted octanol–water partition coefficient (Wildman–Crippen LogP) is 1.92. The van der Waals surface area contributed by atoms with Crippen molar-refractivity contribution in [2.45, 2.75) is 28.8 Å². The summed E-state index contributed by atoms with van der Waals surface area (Å²) in [6.45, 7) is 3.79. The number of sulfone groups is 1. The molecule has 0 aromatic carbocycles. The van der Waals surface area contributed by atoms with E-state index in [1.165, 1.54) is 11.3 Å². The van der Waals surface area contributed by atoms with Gasteiger partial charge in [0, 0.05) is 5.92 Å². The van der Waals surface area contributed by atoms with Gasteiger partial charge in [0.1, 0.15) is 9.08 Å². The average molecular weight is 245 g/mol. The number of nitrogens with zero attached hydrogens (tertiary/aromatic N) is 1. The second kappa shape index (κ2) is 3.06. The van der Waals surface area contributed by atoms with Crippen LogP contribution in [0.2, 0.25) is 0 Å². The van der Waals surface area contributed by atoms with Gasteiger partial charge >= 0.3 is 0 Å². The minimum Gasteiger partial charge on any atom is -0.290 e. The Morgan fingerprint density at radius 2 is 2.07 bits per heavy atom. The minimum absolute atomic E-state index is 0.0266. The van der Waals surface area contributed by atoms with Gasteiger partial charge in [0.2, 0.25) is 9.84 Å². The third-order valence-corrected chi connectivity index (χ3v) is 7.80. The first-order valence-electron chi connectivity index (χ1n) is 4.83.